The molecule has 0 aliphatic heterocycles. The standard InChI is InChI=1S/C13H14F2N4O2/c1-13(2,21)10-6-19(18-17-10)7-11(20)16-12-8(14)4-3-5-9(12)15/h3-6,21H,7H2,1-2H3,(H,16,20). The summed E-state index contributed by atoms with van der Waals surface area (Å²) >= 11 is 0. The third kappa shape index (κ3) is 3.60. The van der Waals surface area contributed by atoms with Gasteiger partial charge in [0.15, 0.2) is 0 Å². The topological polar surface area (TPSA) is 80.0 Å². The van der Waals surface area contributed by atoms with E-state index in [-0.39, 0.29) is 12.2 Å². The lowest BCUT2D eigenvalue weighted by Gasteiger charge is -2.11. The Labute approximate surface area is 119 Å². The van der Waals surface area contributed by atoms with Gasteiger partial charge in [-0.15, -0.1) is 5.10 Å². The van der Waals surface area contributed by atoms with Crippen molar-refractivity contribution in [3.63, 3.8) is 0 Å². The van der Waals surface area contributed by atoms with Crippen LogP contribution in [0.1, 0.15) is 19.5 Å². The Bertz CT molecular complexity index is 644. The maximum absolute atomic E-state index is 13.4. The number of amides is 1. The number of para-hydroxylation sites is 1. The number of aromatic nitrogens is 3. The minimum absolute atomic E-state index is 0.281. The summed E-state index contributed by atoms with van der Waals surface area (Å²) in [4.78, 5) is 11.7. The van der Waals surface area contributed by atoms with Gasteiger partial charge in [0.05, 0.1) is 6.20 Å². The van der Waals surface area contributed by atoms with Crippen molar-refractivity contribution in [3.8, 4) is 0 Å². The summed E-state index contributed by atoms with van der Waals surface area (Å²) in [6, 6.07) is 3.29. The molecule has 112 valence electrons. The molecule has 0 aliphatic rings. The van der Waals surface area contributed by atoms with Crippen molar-refractivity contribution in [2.24, 2.45) is 0 Å². The van der Waals surface area contributed by atoms with Gasteiger partial charge in [-0.1, -0.05) is 11.3 Å². The molecule has 1 aromatic heterocycles. The van der Waals surface area contributed by atoms with Crippen molar-refractivity contribution in [2.45, 2.75) is 26.0 Å². The van der Waals surface area contributed by atoms with Crippen LogP contribution in [0.4, 0.5) is 14.5 Å². The van der Waals surface area contributed by atoms with Gasteiger partial charge in [-0.05, 0) is 26.0 Å². The Morgan fingerprint density at radius 3 is 2.52 bits per heavy atom. The van der Waals surface area contributed by atoms with Crippen LogP contribution in [0, 0.1) is 11.6 Å². The van der Waals surface area contributed by atoms with Gasteiger partial charge >= 0.3 is 0 Å². The van der Waals surface area contributed by atoms with Crippen molar-refractivity contribution in [1.82, 2.24) is 15.0 Å². The smallest absolute Gasteiger partial charge is 0.246 e. The van der Waals surface area contributed by atoms with Gasteiger partial charge in [0, 0.05) is 0 Å². The van der Waals surface area contributed by atoms with Crippen molar-refractivity contribution in [1.29, 1.82) is 0 Å². The van der Waals surface area contributed by atoms with Gasteiger partial charge in [0.2, 0.25) is 5.91 Å². The molecule has 0 unspecified atom stereocenters. The fraction of sp³-hybridized carbons (Fsp3) is 0.308. The molecule has 2 N–H and O–H groups in total. The van der Waals surface area contributed by atoms with Crippen molar-refractivity contribution in [2.75, 3.05) is 5.32 Å². The second-order valence-corrected chi connectivity index (χ2v) is 5.01. The molecular weight excluding hydrogens is 282 g/mol. The molecule has 21 heavy (non-hydrogen) atoms. The van der Waals surface area contributed by atoms with Gasteiger partial charge in [-0.3, -0.25) is 4.79 Å². The van der Waals surface area contributed by atoms with Gasteiger partial charge in [-0.2, -0.15) is 0 Å². The highest BCUT2D eigenvalue weighted by molar-refractivity contribution is 5.90. The SMILES string of the molecule is CC(C)(O)c1cn(CC(=O)Nc2c(F)cccc2F)nn1. The number of rotatable bonds is 4. The molecule has 0 aliphatic carbocycles. The molecule has 0 saturated carbocycles. The summed E-state index contributed by atoms with van der Waals surface area (Å²) in [5.74, 6) is -2.38. The molecule has 6 nitrogen and oxygen atoms in total. The Kier molecular flexibility index (Phi) is 3.99. The molecule has 2 rings (SSSR count). The zero-order valence-electron chi connectivity index (χ0n) is 11.5. The lowest BCUT2D eigenvalue weighted by molar-refractivity contribution is -0.117. The number of nitrogens with one attached hydrogen (secondary N) is 1. The molecule has 0 atom stereocenters. The van der Waals surface area contributed by atoms with Crippen LogP contribution in [-0.2, 0) is 16.9 Å². The van der Waals surface area contributed by atoms with Crippen LogP contribution in [0.15, 0.2) is 24.4 Å². The number of anilines is 1. The first kappa shape index (κ1) is 15.0. The summed E-state index contributed by atoms with van der Waals surface area (Å²) in [5.41, 5.74) is -1.41. The van der Waals surface area contributed by atoms with Gasteiger partial charge in [-0.25, -0.2) is 13.5 Å². The average Bonchev–Trinajstić information content (AvgIpc) is 2.82. The second kappa shape index (κ2) is 5.57. The maximum Gasteiger partial charge on any atom is 0.246 e. The van der Waals surface area contributed by atoms with E-state index < -0.39 is 28.8 Å². The largest absolute Gasteiger partial charge is 0.384 e. The van der Waals surface area contributed by atoms with Crippen LogP contribution < -0.4 is 5.32 Å². The van der Waals surface area contributed by atoms with Crippen LogP contribution in [0.25, 0.3) is 0 Å². The normalized spacial score (nSPS) is 11.5. The summed E-state index contributed by atoms with van der Waals surface area (Å²) < 4.78 is 27.9. The first-order valence-electron chi connectivity index (χ1n) is 6.14. The quantitative estimate of drug-likeness (QED) is 0.894. The van der Waals surface area contributed by atoms with Crippen LogP contribution in [0.2, 0.25) is 0 Å². The Morgan fingerprint density at radius 1 is 1.38 bits per heavy atom. The molecular formula is C13H14F2N4O2. The predicted molar refractivity (Wildman–Crippen MR) is 70.3 cm³/mol. The van der Waals surface area contributed by atoms with E-state index in [1.807, 2.05) is 0 Å². The summed E-state index contributed by atoms with van der Waals surface area (Å²) in [6.07, 6.45) is 1.39. The van der Waals surface area contributed by atoms with E-state index in [0.29, 0.717) is 0 Å². The van der Waals surface area contributed by atoms with Crippen LogP contribution in [0.5, 0.6) is 0 Å². The number of nitrogens with zero attached hydrogens (tertiary/aromatic N) is 3. The number of halogens is 2. The first-order chi connectivity index (χ1) is 9.77. The molecule has 2 aromatic rings. The number of benzene rings is 1. The third-order valence-electron chi connectivity index (χ3n) is 2.70. The van der Waals surface area contributed by atoms with Gasteiger partial charge in [0.1, 0.15) is 35.2 Å². The zero-order valence-corrected chi connectivity index (χ0v) is 11.5. The lowest BCUT2D eigenvalue weighted by Crippen LogP contribution is -2.20. The zero-order chi connectivity index (χ0) is 15.6. The average molecular weight is 296 g/mol. The maximum atomic E-state index is 13.4. The fourth-order valence-electron chi connectivity index (χ4n) is 1.60. The summed E-state index contributed by atoms with van der Waals surface area (Å²) in [7, 11) is 0. The summed E-state index contributed by atoms with van der Waals surface area (Å²) in [5, 5.41) is 19.2. The second-order valence-electron chi connectivity index (χ2n) is 5.01. The summed E-state index contributed by atoms with van der Waals surface area (Å²) in [6.45, 7) is 2.77. The van der Waals surface area contributed by atoms with E-state index in [0.717, 1.165) is 12.1 Å². The number of carbonyl (C=O) groups is 1. The molecule has 0 saturated heterocycles. The van der Waals surface area contributed by atoms with Crippen molar-refractivity contribution in [3.05, 3.63) is 41.7 Å². The highest BCUT2D eigenvalue weighted by atomic mass is 19.1. The molecule has 8 heteroatoms. The Hall–Kier alpha value is -2.35. The molecule has 1 heterocycles. The highest BCUT2D eigenvalue weighted by Crippen LogP contribution is 2.18. The van der Waals surface area contributed by atoms with Crippen molar-refractivity contribution < 1.29 is 18.7 Å². The minimum Gasteiger partial charge on any atom is -0.384 e. The number of hydrogen-bond donors (Lipinski definition) is 2. The molecule has 0 spiro atoms. The monoisotopic (exact) mass is 296 g/mol. The third-order valence-corrected chi connectivity index (χ3v) is 2.70. The Morgan fingerprint density at radius 2 is 2.00 bits per heavy atom. The molecule has 0 radical (unpaired) electrons. The van der Waals surface area contributed by atoms with Gasteiger partial charge in [0.25, 0.3) is 0 Å². The van der Waals surface area contributed by atoms with Crippen LogP contribution in [-0.4, -0.2) is 26.0 Å². The molecule has 1 aromatic carbocycles. The minimum atomic E-state index is -1.19. The van der Waals surface area contributed by atoms with Crippen LogP contribution >= 0.6 is 0 Å². The van der Waals surface area contributed by atoms with E-state index >= 15 is 0 Å². The van der Waals surface area contributed by atoms with Crippen molar-refractivity contribution >= 4 is 11.6 Å². The fourth-order valence-corrected chi connectivity index (χ4v) is 1.60. The number of carbonyl (C=O) groups excluding carboxylic acids is 1. The molecule has 0 bridgehead atoms. The predicted octanol–water partition coefficient (Wildman–Crippen LogP) is 1.42. The Balaban J connectivity index is 2.07. The van der Waals surface area contributed by atoms with E-state index in [4.69, 9.17) is 0 Å². The van der Waals surface area contributed by atoms with E-state index in [1.54, 1.807) is 0 Å². The first-order valence-corrected chi connectivity index (χ1v) is 6.14. The van der Waals surface area contributed by atoms with Gasteiger partial charge < -0.3 is 10.4 Å². The lowest BCUT2D eigenvalue weighted by atomic mass is 10.1. The number of hydrogen-bond acceptors (Lipinski definition) is 4. The number of aliphatic hydroxyl groups is 1. The molecule has 1 amide bonds. The van der Waals surface area contributed by atoms with E-state index in [2.05, 4.69) is 15.6 Å². The highest BCUT2D eigenvalue weighted by Gasteiger charge is 2.21. The van der Waals surface area contributed by atoms with E-state index in [1.165, 1.54) is 30.8 Å². The van der Waals surface area contributed by atoms with Crippen LogP contribution in [0.3, 0.4) is 0 Å². The molecule has 0 fully saturated rings. The van der Waals surface area contributed by atoms with E-state index in [9.17, 15) is 18.7 Å².